The van der Waals surface area contributed by atoms with E-state index in [-0.39, 0.29) is 58.3 Å². The summed E-state index contributed by atoms with van der Waals surface area (Å²) in [5, 5.41) is -2.93. The van der Waals surface area contributed by atoms with Crippen molar-refractivity contribution in [2.45, 2.75) is 90.6 Å². The Morgan fingerprint density at radius 1 is 0.576 bits per heavy atom. The Balaban J connectivity index is 7.26. The fourth-order valence-corrected chi connectivity index (χ4v) is 16.3. The molecule has 0 fully saturated rings. The Kier molecular flexibility index (Phi) is 9.90. The van der Waals surface area contributed by atoms with Gasteiger partial charge in [0.1, 0.15) is 10.1 Å². The van der Waals surface area contributed by atoms with Crippen molar-refractivity contribution in [3.63, 3.8) is 0 Å². The van der Waals surface area contributed by atoms with Crippen LogP contribution in [-0.2, 0) is 23.3 Å². The van der Waals surface area contributed by atoms with Gasteiger partial charge in [0.15, 0.2) is 39.8 Å². The minimum absolute atomic E-state index is 0.204. The van der Waals surface area contributed by atoms with E-state index in [4.69, 9.17) is 4.12 Å². The summed E-state index contributed by atoms with van der Waals surface area (Å²) in [4.78, 5) is 54.1. The molecule has 0 atom stereocenters. The van der Waals surface area contributed by atoms with E-state index in [0.717, 1.165) is 0 Å². The highest BCUT2D eigenvalue weighted by atomic mass is 28.4. The van der Waals surface area contributed by atoms with E-state index in [0.29, 0.717) is 0 Å². The van der Waals surface area contributed by atoms with Crippen LogP contribution >= 0.6 is 0 Å². The minimum Gasteiger partial charge on any atom is -0.453 e. The molecule has 0 unspecified atom stereocenters. The van der Waals surface area contributed by atoms with E-state index in [1.807, 2.05) is 26.2 Å². The van der Waals surface area contributed by atoms with Crippen molar-refractivity contribution < 1.29 is 23.3 Å². The maximum atomic E-state index is 13.5. The highest BCUT2D eigenvalue weighted by Gasteiger charge is 2.64. The molecule has 5 nitrogen and oxygen atoms in total. The first-order valence-corrected chi connectivity index (χ1v) is 17.1. The molecule has 0 aromatic heterocycles. The summed E-state index contributed by atoms with van der Waals surface area (Å²) in [5.74, 6) is -1.50. The van der Waals surface area contributed by atoms with Crippen molar-refractivity contribution in [1.82, 2.24) is 0 Å². The second kappa shape index (κ2) is 10.5. The highest BCUT2D eigenvalue weighted by Crippen LogP contribution is 2.53. The maximum Gasteiger partial charge on any atom is 0.196 e. The molecule has 0 aliphatic heterocycles. The Morgan fingerprint density at radius 3 is 0.879 bits per heavy atom. The van der Waals surface area contributed by atoms with Crippen LogP contribution in [0.2, 0.25) is 36.3 Å². The second-order valence-electron chi connectivity index (χ2n) is 10.1. The van der Waals surface area contributed by atoms with Crippen LogP contribution in [0, 0.1) is 0 Å². The van der Waals surface area contributed by atoms with Crippen LogP contribution in [0.25, 0.3) is 0 Å². The lowest BCUT2D eigenvalue weighted by Crippen LogP contribution is -2.64. The van der Waals surface area contributed by atoms with E-state index < -0.39 is 26.7 Å². The van der Waals surface area contributed by atoms with Gasteiger partial charge in [0, 0.05) is 0 Å². The Labute approximate surface area is 202 Å². The van der Waals surface area contributed by atoms with Gasteiger partial charge in [-0.3, -0.25) is 19.2 Å². The first-order chi connectivity index (χ1) is 14.7. The normalized spacial score (nSPS) is 12.7. The second-order valence-corrected chi connectivity index (χ2v) is 18.6. The lowest BCUT2D eigenvalue weighted by Gasteiger charge is -2.50. The molecule has 0 aliphatic rings. The summed E-state index contributed by atoms with van der Waals surface area (Å²) in [6.45, 7) is 32.3. The van der Waals surface area contributed by atoms with Crippen molar-refractivity contribution in [3.05, 3.63) is 48.6 Å². The van der Waals surface area contributed by atoms with E-state index in [1.165, 1.54) is 0 Å². The number of allylic oxidation sites excluding steroid dienone is 4. The number of Topliss-reactive ketones (excluding diaryl/α,β-unsaturated/α-hetero) is 4. The monoisotopic (exact) mass is 490 g/mol. The van der Waals surface area contributed by atoms with E-state index in [2.05, 4.69) is 26.3 Å². The van der Waals surface area contributed by atoms with Gasteiger partial charge in [0.25, 0.3) is 0 Å². The first-order valence-electron chi connectivity index (χ1n) is 11.3. The van der Waals surface area contributed by atoms with E-state index >= 15 is 0 Å². The zero-order valence-corrected chi connectivity index (χ0v) is 24.3. The van der Waals surface area contributed by atoms with Gasteiger partial charge in [-0.05, 0) is 89.0 Å². The molecule has 0 heterocycles. The fraction of sp³-hybridized carbons (Fsp3) is 0.538. The molecule has 0 saturated heterocycles. The van der Waals surface area contributed by atoms with Crippen LogP contribution in [0.15, 0.2) is 48.6 Å². The molecule has 184 valence electrons. The summed E-state index contributed by atoms with van der Waals surface area (Å²) < 4.78 is 6.85. The molecule has 0 amide bonds. The number of hydrogen-bond acceptors (Lipinski definition) is 5. The molecule has 0 aliphatic carbocycles. The van der Waals surface area contributed by atoms with Gasteiger partial charge in [-0.25, -0.2) is 0 Å². The average molecular weight is 491 g/mol. The molecule has 0 aromatic carbocycles. The SMILES string of the molecule is C=C(C)C(=O)C(CC)(C(=O)C(=C)C)[Si](C)(C)O[Si](C)(C)C(CC)(C(=O)C(=C)C)C(=O)C(=C)C. The number of hydrogen-bond donors (Lipinski definition) is 0. The van der Waals surface area contributed by atoms with Crippen molar-refractivity contribution >= 4 is 39.8 Å². The lowest BCUT2D eigenvalue weighted by atomic mass is 9.88. The molecule has 0 N–H and O–H groups in total. The molecule has 0 rings (SSSR count). The van der Waals surface area contributed by atoms with Gasteiger partial charge in [-0.2, -0.15) is 0 Å². The summed E-state index contributed by atoms with van der Waals surface area (Å²) in [6, 6.07) is 0. The Bertz CT molecular complexity index is 795. The molecule has 0 aromatic rings. The smallest absolute Gasteiger partial charge is 0.196 e. The van der Waals surface area contributed by atoms with Crippen LogP contribution < -0.4 is 0 Å². The van der Waals surface area contributed by atoms with Crippen LogP contribution in [-0.4, -0.2) is 39.8 Å². The quantitative estimate of drug-likeness (QED) is 0.162. The highest BCUT2D eigenvalue weighted by molar-refractivity contribution is 6.95. The van der Waals surface area contributed by atoms with Crippen LogP contribution in [0.1, 0.15) is 54.4 Å². The molecular weight excluding hydrogens is 448 g/mol. The van der Waals surface area contributed by atoms with Crippen molar-refractivity contribution in [2.24, 2.45) is 0 Å². The molecule has 33 heavy (non-hydrogen) atoms. The molecule has 0 radical (unpaired) electrons. The Morgan fingerprint density at radius 2 is 0.758 bits per heavy atom. The molecule has 7 heteroatoms. The topological polar surface area (TPSA) is 77.5 Å². The van der Waals surface area contributed by atoms with Crippen molar-refractivity contribution in [1.29, 1.82) is 0 Å². The largest absolute Gasteiger partial charge is 0.453 e. The zero-order valence-electron chi connectivity index (χ0n) is 22.3. The molecule has 0 bridgehead atoms. The number of carbonyl (C=O) groups is 4. The minimum atomic E-state index is -3.28. The van der Waals surface area contributed by atoms with Gasteiger partial charge in [-0.15, -0.1) is 0 Å². The van der Waals surface area contributed by atoms with Crippen molar-refractivity contribution in [2.75, 3.05) is 0 Å². The average Bonchev–Trinajstić information content (AvgIpc) is 2.67. The standard InChI is InChI=1S/C26H42O5Si2/c1-15-25(21(27)17(3)4,22(28)18(5)6)32(11,12)31-33(13,14)26(16-2,23(29)19(7)8)24(30)20(9)10/h3,5,7,9,15-16H2,1-2,4,6,8,10-14H3. The summed E-state index contributed by atoms with van der Waals surface area (Å²) >= 11 is 0. The zero-order chi connectivity index (χ0) is 26.7. The van der Waals surface area contributed by atoms with Crippen LogP contribution in [0.3, 0.4) is 0 Å². The van der Waals surface area contributed by atoms with E-state index in [9.17, 15) is 19.2 Å². The van der Waals surface area contributed by atoms with Gasteiger partial charge in [0.2, 0.25) is 0 Å². The maximum absolute atomic E-state index is 13.5. The van der Waals surface area contributed by atoms with E-state index in [1.54, 1.807) is 41.5 Å². The van der Waals surface area contributed by atoms with Gasteiger partial charge in [-0.1, -0.05) is 40.2 Å². The third-order valence-corrected chi connectivity index (χ3v) is 16.5. The molecular formula is C26H42O5Si2. The van der Waals surface area contributed by atoms with Crippen molar-refractivity contribution in [3.8, 4) is 0 Å². The first kappa shape index (κ1) is 31.0. The lowest BCUT2D eigenvalue weighted by molar-refractivity contribution is -0.129. The fourth-order valence-electron chi connectivity index (χ4n) is 5.06. The third kappa shape index (κ3) is 5.10. The summed E-state index contributed by atoms with van der Waals surface area (Å²) in [6.07, 6.45) is 0.409. The van der Waals surface area contributed by atoms with Crippen LogP contribution in [0.5, 0.6) is 0 Å². The number of rotatable bonds is 14. The van der Waals surface area contributed by atoms with Gasteiger partial charge < -0.3 is 4.12 Å². The summed E-state index contributed by atoms with van der Waals surface area (Å²) in [5.41, 5.74) is 1.03. The molecule has 0 saturated carbocycles. The predicted molar refractivity (Wildman–Crippen MR) is 141 cm³/mol. The van der Waals surface area contributed by atoms with Crippen LogP contribution in [0.4, 0.5) is 0 Å². The predicted octanol–water partition coefficient (Wildman–Crippen LogP) is 6.29. The number of ketones is 4. The number of carbonyl (C=O) groups excluding carboxylic acids is 4. The molecule has 0 spiro atoms. The Hall–Kier alpha value is -1.97. The summed E-state index contributed by atoms with van der Waals surface area (Å²) in [7, 11) is -6.56. The van der Waals surface area contributed by atoms with Gasteiger partial charge >= 0.3 is 0 Å². The third-order valence-electron chi connectivity index (χ3n) is 6.73. The van der Waals surface area contributed by atoms with Gasteiger partial charge in [0.05, 0.1) is 0 Å².